The summed E-state index contributed by atoms with van der Waals surface area (Å²) >= 11 is 0. The van der Waals surface area contributed by atoms with E-state index in [1.807, 2.05) is 44.2 Å². The van der Waals surface area contributed by atoms with Gasteiger partial charge in [0.2, 0.25) is 0 Å². The van der Waals surface area contributed by atoms with E-state index in [1.54, 1.807) is 25.3 Å². The molecule has 2 aromatic carbocycles. The maximum Gasteiger partial charge on any atom is 0.290 e. The Hall–Kier alpha value is -3.32. The molecule has 1 unspecified atom stereocenters. The highest BCUT2D eigenvalue weighted by Gasteiger charge is 2.43. The monoisotopic (exact) mass is 467 g/mol. The zero-order valence-corrected chi connectivity index (χ0v) is 20.2. The highest BCUT2D eigenvalue weighted by atomic mass is 16.5. The summed E-state index contributed by atoms with van der Waals surface area (Å²) in [5.41, 5.74) is 1.81. The minimum Gasteiger partial charge on any atom is -0.503 e. The standard InChI is InChI=1S/C27H33NO6/c1-18(2)34-16-8-15-28-25(20-12-14-22(32-3)23(17-20)33-4)24(26(30)27(28)31)21(29)13-11-19-9-6-5-7-10-19/h5-7,9-10,12,14,17-18,25,30H,8,11,13,15-16H2,1-4H3. The lowest BCUT2D eigenvalue weighted by molar-refractivity contribution is -0.129. The third-order valence-corrected chi connectivity index (χ3v) is 5.81. The van der Waals surface area contributed by atoms with Crippen LogP contribution in [0.15, 0.2) is 59.9 Å². The number of carbonyl (C=O) groups is 2. The van der Waals surface area contributed by atoms with Gasteiger partial charge in [-0.1, -0.05) is 36.4 Å². The van der Waals surface area contributed by atoms with E-state index in [9.17, 15) is 14.7 Å². The Morgan fingerprint density at radius 1 is 1.06 bits per heavy atom. The van der Waals surface area contributed by atoms with Gasteiger partial charge >= 0.3 is 0 Å². The number of Topliss-reactive ketones (excluding diaryl/α,β-unsaturated/α-hetero) is 1. The molecule has 0 aromatic heterocycles. The third kappa shape index (κ3) is 5.78. The Balaban J connectivity index is 1.91. The van der Waals surface area contributed by atoms with Gasteiger partial charge in [-0.15, -0.1) is 0 Å². The first-order valence-corrected chi connectivity index (χ1v) is 11.5. The summed E-state index contributed by atoms with van der Waals surface area (Å²) < 4.78 is 16.4. The average molecular weight is 468 g/mol. The van der Waals surface area contributed by atoms with Gasteiger partial charge in [0.25, 0.3) is 5.91 Å². The largest absolute Gasteiger partial charge is 0.503 e. The van der Waals surface area contributed by atoms with Gasteiger partial charge in [-0.05, 0) is 49.9 Å². The van der Waals surface area contributed by atoms with Gasteiger partial charge in [-0.3, -0.25) is 9.59 Å². The first-order valence-electron chi connectivity index (χ1n) is 11.5. The molecule has 0 fully saturated rings. The predicted molar refractivity (Wildman–Crippen MR) is 129 cm³/mol. The lowest BCUT2D eigenvalue weighted by atomic mass is 9.93. The van der Waals surface area contributed by atoms with Crippen molar-refractivity contribution in [3.05, 3.63) is 71.0 Å². The van der Waals surface area contributed by atoms with Crippen LogP contribution in [0.5, 0.6) is 11.5 Å². The highest BCUT2D eigenvalue weighted by molar-refractivity contribution is 6.09. The number of aliphatic hydroxyl groups excluding tert-OH is 1. The van der Waals surface area contributed by atoms with Gasteiger partial charge in [0.05, 0.1) is 31.9 Å². The number of rotatable bonds is 12. The zero-order chi connectivity index (χ0) is 24.7. The van der Waals surface area contributed by atoms with Crippen LogP contribution in [0.2, 0.25) is 0 Å². The van der Waals surface area contributed by atoms with Gasteiger partial charge in [-0.2, -0.15) is 0 Å². The van der Waals surface area contributed by atoms with Crippen molar-refractivity contribution < 1.29 is 28.9 Å². The van der Waals surface area contributed by atoms with E-state index < -0.39 is 17.7 Å². The second-order valence-corrected chi connectivity index (χ2v) is 8.46. The molecule has 0 saturated carbocycles. The number of carbonyl (C=O) groups excluding carboxylic acids is 2. The van der Waals surface area contributed by atoms with Crippen LogP contribution < -0.4 is 9.47 Å². The lowest BCUT2D eigenvalue weighted by Crippen LogP contribution is -2.32. The number of ether oxygens (including phenoxy) is 3. The Morgan fingerprint density at radius 3 is 2.41 bits per heavy atom. The van der Waals surface area contributed by atoms with Crippen LogP contribution in [-0.2, 0) is 20.7 Å². The lowest BCUT2D eigenvalue weighted by Gasteiger charge is -2.27. The predicted octanol–water partition coefficient (Wildman–Crippen LogP) is 4.42. The van der Waals surface area contributed by atoms with Crippen LogP contribution in [0, 0.1) is 0 Å². The number of nitrogens with zero attached hydrogens (tertiary/aromatic N) is 1. The van der Waals surface area contributed by atoms with E-state index in [-0.39, 0.29) is 23.9 Å². The van der Waals surface area contributed by atoms with Crippen LogP contribution >= 0.6 is 0 Å². The third-order valence-electron chi connectivity index (χ3n) is 5.81. The molecule has 7 heteroatoms. The van der Waals surface area contributed by atoms with Gasteiger partial charge in [0, 0.05) is 19.6 Å². The Labute approximate surface area is 200 Å². The van der Waals surface area contributed by atoms with E-state index in [4.69, 9.17) is 14.2 Å². The van der Waals surface area contributed by atoms with Crippen molar-refractivity contribution in [3.8, 4) is 11.5 Å². The molecule has 1 amide bonds. The normalized spacial score (nSPS) is 15.9. The maximum atomic E-state index is 13.3. The van der Waals surface area contributed by atoms with Crippen molar-refractivity contribution in [2.45, 2.75) is 45.3 Å². The van der Waals surface area contributed by atoms with Crippen LogP contribution in [0.1, 0.15) is 43.9 Å². The van der Waals surface area contributed by atoms with Crippen molar-refractivity contribution in [2.75, 3.05) is 27.4 Å². The van der Waals surface area contributed by atoms with Gasteiger partial charge in [0.1, 0.15) is 0 Å². The van der Waals surface area contributed by atoms with Crippen molar-refractivity contribution in [2.24, 2.45) is 0 Å². The highest BCUT2D eigenvalue weighted by Crippen LogP contribution is 2.41. The molecule has 1 aliphatic heterocycles. The molecule has 1 aliphatic rings. The zero-order valence-electron chi connectivity index (χ0n) is 20.2. The number of methoxy groups -OCH3 is 2. The number of hydrogen-bond donors (Lipinski definition) is 1. The first-order chi connectivity index (χ1) is 16.4. The quantitative estimate of drug-likeness (QED) is 0.465. The van der Waals surface area contributed by atoms with Crippen molar-refractivity contribution in [3.63, 3.8) is 0 Å². The van der Waals surface area contributed by atoms with Crippen molar-refractivity contribution >= 4 is 11.7 Å². The minimum absolute atomic E-state index is 0.0811. The smallest absolute Gasteiger partial charge is 0.290 e. The first kappa shape index (κ1) is 25.3. The van der Waals surface area contributed by atoms with Gasteiger partial charge in [-0.25, -0.2) is 0 Å². The van der Waals surface area contributed by atoms with Crippen LogP contribution in [0.25, 0.3) is 0 Å². The number of benzene rings is 2. The summed E-state index contributed by atoms with van der Waals surface area (Å²) in [5.74, 6) is -0.263. The number of amides is 1. The minimum atomic E-state index is -0.713. The fourth-order valence-electron chi connectivity index (χ4n) is 4.13. The molecular formula is C27H33NO6. The SMILES string of the molecule is COc1ccc(C2C(C(=O)CCc3ccccc3)=C(O)C(=O)N2CCCOC(C)C)cc1OC. The summed E-state index contributed by atoms with van der Waals surface area (Å²) in [5, 5.41) is 10.8. The fraction of sp³-hybridized carbons (Fsp3) is 0.407. The molecule has 34 heavy (non-hydrogen) atoms. The second-order valence-electron chi connectivity index (χ2n) is 8.46. The van der Waals surface area contributed by atoms with Crippen LogP contribution in [-0.4, -0.2) is 55.2 Å². The maximum absolute atomic E-state index is 13.3. The molecule has 1 atom stereocenters. The number of hydrogen-bond acceptors (Lipinski definition) is 6. The van der Waals surface area contributed by atoms with Gasteiger partial charge < -0.3 is 24.2 Å². The number of ketones is 1. The number of aryl methyl sites for hydroxylation is 1. The van der Waals surface area contributed by atoms with Crippen molar-refractivity contribution in [1.82, 2.24) is 4.90 Å². The molecule has 0 saturated heterocycles. The summed E-state index contributed by atoms with van der Waals surface area (Å²) in [4.78, 5) is 27.9. The Kier molecular flexibility index (Phi) is 8.71. The van der Waals surface area contributed by atoms with E-state index in [1.165, 1.54) is 12.0 Å². The summed E-state index contributed by atoms with van der Waals surface area (Å²) in [6.07, 6.45) is 1.36. The second kappa shape index (κ2) is 11.7. The molecule has 0 spiro atoms. The van der Waals surface area contributed by atoms with Crippen molar-refractivity contribution in [1.29, 1.82) is 0 Å². The van der Waals surface area contributed by atoms with Crippen LogP contribution in [0.3, 0.4) is 0 Å². The molecular weight excluding hydrogens is 434 g/mol. The average Bonchev–Trinajstić information content (AvgIpc) is 3.10. The topological polar surface area (TPSA) is 85.3 Å². The van der Waals surface area contributed by atoms with E-state index in [0.717, 1.165) is 5.56 Å². The summed E-state index contributed by atoms with van der Waals surface area (Å²) in [6, 6.07) is 14.2. The summed E-state index contributed by atoms with van der Waals surface area (Å²) in [7, 11) is 3.07. The Morgan fingerprint density at radius 2 is 1.76 bits per heavy atom. The fourth-order valence-corrected chi connectivity index (χ4v) is 4.13. The van der Waals surface area contributed by atoms with Gasteiger partial charge in [0.15, 0.2) is 23.0 Å². The summed E-state index contributed by atoms with van der Waals surface area (Å²) in [6.45, 7) is 4.71. The molecule has 1 heterocycles. The van der Waals surface area contributed by atoms with E-state index in [2.05, 4.69) is 0 Å². The molecule has 1 N–H and O–H groups in total. The van der Waals surface area contributed by atoms with E-state index >= 15 is 0 Å². The van der Waals surface area contributed by atoms with E-state index in [0.29, 0.717) is 43.1 Å². The van der Waals surface area contributed by atoms with Crippen LogP contribution in [0.4, 0.5) is 0 Å². The molecule has 3 rings (SSSR count). The molecule has 0 aliphatic carbocycles. The molecule has 0 radical (unpaired) electrons. The number of aliphatic hydroxyl groups is 1. The molecule has 182 valence electrons. The molecule has 7 nitrogen and oxygen atoms in total. The molecule has 0 bridgehead atoms. The molecule has 2 aromatic rings. The Bertz CT molecular complexity index is 1030.